The Morgan fingerprint density at radius 3 is 1.40 bits per heavy atom. The lowest BCUT2D eigenvalue weighted by Gasteiger charge is -2.29. The molecule has 0 aliphatic carbocycles. The smallest absolute Gasteiger partial charge is 0.207 e. The predicted octanol–water partition coefficient (Wildman–Crippen LogP) is 3.16. The largest absolute Gasteiger partial charge is 0.346 e. The van der Waals surface area contributed by atoms with Crippen LogP contribution in [0.5, 0.6) is 0 Å². The van der Waals surface area contributed by atoms with E-state index in [0.29, 0.717) is 10.8 Å². The van der Waals surface area contributed by atoms with E-state index in [1.54, 1.807) is 0 Å². The first kappa shape index (κ1) is 12.4. The molecule has 0 bridgehead atoms. The van der Waals surface area contributed by atoms with Crippen LogP contribution in [0.15, 0.2) is 12.4 Å². The molecule has 15 heavy (non-hydrogen) atoms. The summed E-state index contributed by atoms with van der Waals surface area (Å²) in [6.07, 6.45) is 4.22. The highest BCUT2D eigenvalue weighted by Crippen LogP contribution is 2.23. The molecule has 0 aromatic rings. The van der Waals surface area contributed by atoms with Crippen LogP contribution < -0.4 is 0 Å². The van der Waals surface area contributed by atoms with Crippen LogP contribution in [0.25, 0.3) is 0 Å². The molecule has 0 fully saturated rings. The molecule has 1 aliphatic heterocycles. The Hall–Kier alpha value is -0.660. The van der Waals surface area contributed by atoms with Gasteiger partial charge in [0.1, 0.15) is 0 Å². The highest BCUT2D eigenvalue weighted by atomic mass is 15.3. The van der Waals surface area contributed by atoms with Crippen LogP contribution >= 0.6 is 0 Å². The minimum atomic E-state index is 0.315. The van der Waals surface area contributed by atoms with Crippen LogP contribution in [0.2, 0.25) is 0 Å². The van der Waals surface area contributed by atoms with Gasteiger partial charge in [-0.3, -0.25) is 0 Å². The first-order chi connectivity index (χ1) is 6.66. The van der Waals surface area contributed by atoms with Gasteiger partial charge in [0.2, 0.25) is 6.67 Å². The number of hydrogen-bond acceptors (Lipinski definition) is 2. The summed E-state index contributed by atoms with van der Waals surface area (Å²) in [5.41, 5.74) is 0.629. The minimum absolute atomic E-state index is 0.315. The maximum atomic E-state index is 3.36. The second-order valence-corrected chi connectivity index (χ2v) is 6.78. The highest BCUT2D eigenvalue weighted by molar-refractivity contribution is 4.99. The summed E-state index contributed by atoms with van der Waals surface area (Å²) in [6.45, 7) is 18.9. The first-order valence-electron chi connectivity index (χ1n) is 5.64. The molecule has 2 nitrogen and oxygen atoms in total. The van der Waals surface area contributed by atoms with E-state index >= 15 is 0 Å². The Labute approximate surface area is 94.9 Å². The van der Waals surface area contributed by atoms with Gasteiger partial charge in [0.05, 0.1) is 0 Å². The van der Waals surface area contributed by atoms with Crippen molar-refractivity contribution in [3.05, 3.63) is 19.1 Å². The van der Waals surface area contributed by atoms with Crippen LogP contribution in [0.1, 0.15) is 41.5 Å². The third kappa shape index (κ3) is 5.10. The van der Waals surface area contributed by atoms with Gasteiger partial charge in [-0.05, 0) is 10.8 Å². The number of hydrogen-bond donors (Lipinski definition) is 0. The van der Waals surface area contributed by atoms with Crippen molar-refractivity contribution in [1.82, 2.24) is 9.80 Å². The van der Waals surface area contributed by atoms with Crippen molar-refractivity contribution in [2.75, 3.05) is 13.1 Å². The lowest BCUT2D eigenvalue weighted by atomic mass is 9.96. The summed E-state index contributed by atoms with van der Waals surface area (Å²) in [5, 5.41) is 0. The molecule has 0 aromatic heterocycles. The Morgan fingerprint density at radius 2 is 1.13 bits per heavy atom. The maximum absolute atomic E-state index is 3.36. The van der Waals surface area contributed by atoms with Gasteiger partial charge in [0, 0.05) is 25.5 Å². The van der Waals surface area contributed by atoms with E-state index in [4.69, 9.17) is 0 Å². The third-order valence-corrected chi connectivity index (χ3v) is 1.97. The van der Waals surface area contributed by atoms with Crippen molar-refractivity contribution in [1.29, 1.82) is 0 Å². The summed E-state index contributed by atoms with van der Waals surface area (Å²) in [7, 11) is 0. The Morgan fingerprint density at radius 1 is 0.800 bits per heavy atom. The Bertz CT molecular complexity index is 206. The quantitative estimate of drug-likeness (QED) is 0.688. The van der Waals surface area contributed by atoms with Crippen LogP contribution in [-0.2, 0) is 0 Å². The van der Waals surface area contributed by atoms with E-state index < -0.39 is 0 Å². The molecule has 86 valence electrons. The van der Waals surface area contributed by atoms with Crippen molar-refractivity contribution >= 4 is 0 Å². The zero-order valence-electron chi connectivity index (χ0n) is 11.0. The van der Waals surface area contributed by atoms with E-state index in [0.717, 1.165) is 13.1 Å². The average Bonchev–Trinajstić information content (AvgIpc) is 2.28. The van der Waals surface area contributed by atoms with Gasteiger partial charge < -0.3 is 9.80 Å². The molecule has 0 amide bonds. The fourth-order valence-corrected chi connectivity index (χ4v) is 1.59. The van der Waals surface area contributed by atoms with E-state index in [-0.39, 0.29) is 0 Å². The third-order valence-electron chi connectivity index (χ3n) is 1.97. The standard InChI is InChI=1S/C13H24N2/c1-12(2,3)9-14-7-8-15(11-14)10-13(4,5)6/h7-8H,9-10H2,1-6H3. The van der Waals surface area contributed by atoms with Crippen molar-refractivity contribution < 1.29 is 0 Å². The van der Waals surface area contributed by atoms with Gasteiger partial charge in [0.15, 0.2) is 0 Å². The Kier molecular flexibility index (Phi) is 3.37. The van der Waals surface area contributed by atoms with Crippen molar-refractivity contribution in [3.63, 3.8) is 0 Å². The number of rotatable bonds is 2. The lowest BCUT2D eigenvalue weighted by molar-refractivity contribution is 0.223. The van der Waals surface area contributed by atoms with E-state index in [1.165, 1.54) is 0 Å². The monoisotopic (exact) mass is 208 g/mol. The van der Waals surface area contributed by atoms with Gasteiger partial charge in [-0.2, -0.15) is 0 Å². The van der Waals surface area contributed by atoms with Crippen molar-refractivity contribution in [2.45, 2.75) is 41.5 Å². The molecule has 0 spiro atoms. The van der Waals surface area contributed by atoms with Gasteiger partial charge in [0.25, 0.3) is 0 Å². The summed E-state index contributed by atoms with van der Waals surface area (Å²) < 4.78 is 0. The molecule has 1 rings (SSSR count). The molecule has 0 saturated heterocycles. The maximum Gasteiger partial charge on any atom is 0.207 e. The van der Waals surface area contributed by atoms with Crippen LogP contribution in [0, 0.1) is 17.5 Å². The SMILES string of the molecule is CC(C)(C)CN1[C]N(CC(C)(C)C)C=C1. The zero-order valence-corrected chi connectivity index (χ0v) is 11.0. The fourth-order valence-electron chi connectivity index (χ4n) is 1.59. The molecular weight excluding hydrogens is 184 g/mol. The van der Waals surface area contributed by atoms with E-state index in [1.807, 2.05) is 0 Å². The lowest BCUT2D eigenvalue weighted by Crippen LogP contribution is -2.31. The second kappa shape index (κ2) is 4.07. The topological polar surface area (TPSA) is 6.48 Å². The van der Waals surface area contributed by atoms with Crippen LogP contribution in [0.3, 0.4) is 0 Å². The van der Waals surface area contributed by atoms with Crippen LogP contribution in [-0.4, -0.2) is 22.9 Å². The predicted molar refractivity (Wildman–Crippen MR) is 64.7 cm³/mol. The molecule has 1 aliphatic rings. The molecule has 0 saturated carbocycles. The molecule has 2 heteroatoms. The summed E-state index contributed by atoms with van der Waals surface area (Å²) in [5.74, 6) is 0. The number of nitrogens with zero attached hydrogens (tertiary/aromatic N) is 2. The van der Waals surface area contributed by atoms with Gasteiger partial charge in [-0.1, -0.05) is 41.5 Å². The summed E-state index contributed by atoms with van der Waals surface area (Å²) >= 11 is 0. The average molecular weight is 208 g/mol. The van der Waals surface area contributed by atoms with Gasteiger partial charge in [-0.15, -0.1) is 0 Å². The summed E-state index contributed by atoms with van der Waals surface area (Å²) in [4.78, 5) is 4.29. The van der Waals surface area contributed by atoms with E-state index in [2.05, 4.69) is 70.4 Å². The van der Waals surface area contributed by atoms with E-state index in [9.17, 15) is 0 Å². The minimum Gasteiger partial charge on any atom is -0.346 e. The van der Waals surface area contributed by atoms with Gasteiger partial charge in [-0.25, -0.2) is 0 Å². The zero-order chi connectivity index (χ0) is 11.7. The molecule has 0 N–H and O–H groups in total. The summed E-state index contributed by atoms with van der Waals surface area (Å²) in [6, 6.07) is 0. The first-order valence-corrected chi connectivity index (χ1v) is 5.64. The fraction of sp³-hybridized carbons (Fsp3) is 0.769. The molecule has 0 atom stereocenters. The molecule has 0 aromatic carbocycles. The second-order valence-electron chi connectivity index (χ2n) is 6.78. The van der Waals surface area contributed by atoms with Crippen molar-refractivity contribution in [3.8, 4) is 0 Å². The normalized spacial score (nSPS) is 17.7. The Balaban J connectivity index is 2.38. The molecule has 0 unspecified atom stereocenters. The molecule has 1 heterocycles. The van der Waals surface area contributed by atoms with Crippen LogP contribution in [0.4, 0.5) is 0 Å². The highest BCUT2D eigenvalue weighted by Gasteiger charge is 2.23. The van der Waals surface area contributed by atoms with Gasteiger partial charge >= 0.3 is 0 Å². The molecular formula is C13H24N2. The molecule has 2 radical (unpaired) electrons. The van der Waals surface area contributed by atoms with Crippen molar-refractivity contribution in [2.24, 2.45) is 10.8 Å².